The highest BCUT2D eigenvalue weighted by molar-refractivity contribution is 7.07. The monoisotopic (exact) mass is 465 g/mol. The number of nitrogens with zero attached hydrogens (tertiary/aromatic N) is 2. The Balaban J connectivity index is 0.00000231. The molecular formula is C25H40ClN3OS. The van der Waals surface area contributed by atoms with Crippen molar-refractivity contribution >= 4 is 29.7 Å². The SMILES string of the molecule is CCCn1c(CC(=O)NC2CCCCCC2)csc1=NC12CC3CC(CC(C3)C1)C2.Cl. The number of rotatable bonds is 6. The Labute approximate surface area is 197 Å². The standard InChI is InChI=1S/C25H39N3OS.ClH/c1-2-9-28-22(13-23(29)26-21-7-5-3-4-6-8-21)17-30-24(28)27-25-14-18-10-19(15-25)12-20(11-18)16-25;/h17-21H,2-16H2,1H3,(H,26,29);1H. The van der Waals surface area contributed by atoms with Crippen molar-refractivity contribution < 1.29 is 4.79 Å². The van der Waals surface area contributed by atoms with E-state index in [1.807, 2.05) is 0 Å². The second-order valence-corrected chi connectivity index (χ2v) is 11.7. The van der Waals surface area contributed by atoms with E-state index in [0.29, 0.717) is 12.5 Å². The third-order valence-electron chi connectivity index (χ3n) is 8.23. The fourth-order valence-electron chi connectivity index (χ4n) is 7.33. The molecule has 0 aromatic carbocycles. The highest BCUT2D eigenvalue weighted by atomic mass is 35.5. The fraction of sp³-hybridized carbons (Fsp3) is 0.840. The molecule has 174 valence electrons. The lowest BCUT2D eigenvalue weighted by molar-refractivity contribution is -0.121. The zero-order valence-corrected chi connectivity index (χ0v) is 20.7. The van der Waals surface area contributed by atoms with E-state index in [-0.39, 0.29) is 23.9 Å². The third kappa shape index (κ3) is 5.24. The molecule has 0 saturated heterocycles. The fourth-order valence-corrected chi connectivity index (χ4v) is 8.36. The average molecular weight is 466 g/mol. The summed E-state index contributed by atoms with van der Waals surface area (Å²) >= 11 is 1.77. The number of carbonyl (C=O) groups excluding carboxylic acids is 1. The van der Waals surface area contributed by atoms with Gasteiger partial charge in [-0.15, -0.1) is 23.7 Å². The Morgan fingerprint density at radius 2 is 1.71 bits per heavy atom. The maximum atomic E-state index is 12.8. The van der Waals surface area contributed by atoms with Crippen LogP contribution in [0.25, 0.3) is 0 Å². The largest absolute Gasteiger partial charge is 0.353 e. The summed E-state index contributed by atoms with van der Waals surface area (Å²) in [4.78, 5) is 19.5. The first-order chi connectivity index (χ1) is 14.6. The Morgan fingerprint density at radius 3 is 2.29 bits per heavy atom. The molecular weight excluding hydrogens is 426 g/mol. The van der Waals surface area contributed by atoms with Gasteiger partial charge in [0, 0.05) is 23.7 Å². The lowest BCUT2D eigenvalue weighted by atomic mass is 9.53. The number of carbonyl (C=O) groups is 1. The number of aromatic nitrogens is 1. The van der Waals surface area contributed by atoms with Crippen LogP contribution in [0.5, 0.6) is 0 Å². The van der Waals surface area contributed by atoms with Gasteiger partial charge in [-0.3, -0.25) is 9.79 Å². The van der Waals surface area contributed by atoms with Crippen LogP contribution in [-0.2, 0) is 17.8 Å². The van der Waals surface area contributed by atoms with Crippen LogP contribution in [0.2, 0.25) is 0 Å². The van der Waals surface area contributed by atoms with Crippen LogP contribution in [0.1, 0.15) is 96.1 Å². The number of hydrogen-bond donors (Lipinski definition) is 1. The quantitative estimate of drug-likeness (QED) is 0.543. The Hall–Kier alpha value is -0.810. The van der Waals surface area contributed by atoms with Gasteiger partial charge in [0.15, 0.2) is 4.80 Å². The lowest BCUT2D eigenvalue weighted by Crippen LogP contribution is -2.50. The van der Waals surface area contributed by atoms with Crippen LogP contribution in [-0.4, -0.2) is 22.1 Å². The molecule has 5 aliphatic carbocycles. The molecule has 6 heteroatoms. The predicted octanol–water partition coefficient (Wildman–Crippen LogP) is 5.63. The number of amides is 1. The van der Waals surface area contributed by atoms with Crippen molar-refractivity contribution in [3.8, 4) is 0 Å². The summed E-state index contributed by atoms with van der Waals surface area (Å²) in [7, 11) is 0. The Kier molecular flexibility index (Phi) is 7.52. The van der Waals surface area contributed by atoms with E-state index in [1.54, 1.807) is 11.3 Å². The summed E-state index contributed by atoms with van der Waals surface area (Å²) in [5, 5.41) is 5.54. The third-order valence-corrected chi connectivity index (χ3v) is 9.14. The van der Waals surface area contributed by atoms with Gasteiger partial charge < -0.3 is 9.88 Å². The van der Waals surface area contributed by atoms with Crippen molar-refractivity contribution in [1.29, 1.82) is 0 Å². The first-order valence-corrected chi connectivity index (χ1v) is 13.5. The molecule has 6 rings (SSSR count). The zero-order valence-electron chi connectivity index (χ0n) is 19.1. The van der Waals surface area contributed by atoms with Crippen LogP contribution >= 0.6 is 23.7 Å². The molecule has 1 aromatic rings. The minimum Gasteiger partial charge on any atom is -0.353 e. The molecule has 1 aromatic heterocycles. The van der Waals surface area contributed by atoms with Gasteiger partial charge in [0.05, 0.1) is 12.0 Å². The molecule has 5 aliphatic rings. The molecule has 5 saturated carbocycles. The van der Waals surface area contributed by atoms with Gasteiger partial charge in [-0.2, -0.15) is 0 Å². The smallest absolute Gasteiger partial charge is 0.226 e. The molecule has 4 nitrogen and oxygen atoms in total. The number of hydrogen-bond acceptors (Lipinski definition) is 3. The van der Waals surface area contributed by atoms with E-state index in [0.717, 1.165) is 49.3 Å². The topological polar surface area (TPSA) is 46.4 Å². The molecule has 1 N–H and O–H groups in total. The normalized spacial score (nSPS) is 33.2. The first-order valence-electron chi connectivity index (χ1n) is 12.6. The van der Waals surface area contributed by atoms with Crippen molar-refractivity contribution in [3.63, 3.8) is 0 Å². The van der Waals surface area contributed by atoms with Gasteiger partial charge >= 0.3 is 0 Å². The summed E-state index contributed by atoms with van der Waals surface area (Å²) in [5.41, 5.74) is 1.37. The molecule has 4 bridgehead atoms. The number of thiazole rings is 1. The van der Waals surface area contributed by atoms with Crippen LogP contribution in [0.4, 0.5) is 0 Å². The van der Waals surface area contributed by atoms with Crippen molar-refractivity contribution in [1.82, 2.24) is 9.88 Å². The lowest BCUT2D eigenvalue weighted by Gasteiger charge is -2.54. The van der Waals surface area contributed by atoms with Gasteiger partial charge in [0.1, 0.15) is 0 Å². The predicted molar refractivity (Wildman–Crippen MR) is 130 cm³/mol. The Morgan fingerprint density at radius 1 is 1.10 bits per heavy atom. The van der Waals surface area contributed by atoms with Gasteiger partial charge in [0.2, 0.25) is 5.91 Å². The molecule has 0 aliphatic heterocycles. The minimum atomic E-state index is 0. The summed E-state index contributed by atoms with van der Waals surface area (Å²) in [6, 6.07) is 0.384. The van der Waals surface area contributed by atoms with Crippen molar-refractivity contribution in [2.75, 3.05) is 0 Å². The minimum absolute atomic E-state index is 0. The number of nitrogens with one attached hydrogen (secondary N) is 1. The maximum absolute atomic E-state index is 12.8. The van der Waals surface area contributed by atoms with E-state index in [4.69, 9.17) is 4.99 Å². The van der Waals surface area contributed by atoms with E-state index in [9.17, 15) is 4.79 Å². The molecule has 5 fully saturated rings. The van der Waals surface area contributed by atoms with Crippen molar-refractivity contribution in [2.24, 2.45) is 22.7 Å². The van der Waals surface area contributed by atoms with Crippen LogP contribution in [0.15, 0.2) is 10.4 Å². The van der Waals surface area contributed by atoms with Gasteiger partial charge in [-0.1, -0.05) is 32.6 Å². The van der Waals surface area contributed by atoms with E-state index in [1.165, 1.54) is 69.0 Å². The van der Waals surface area contributed by atoms with Gasteiger partial charge in [-0.05, 0) is 75.5 Å². The molecule has 31 heavy (non-hydrogen) atoms. The van der Waals surface area contributed by atoms with Crippen LogP contribution in [0.3, 0.4) is 0 Å². The highest BCUT2D eigenvalue weighted by Crippen LogP contribution is 2.57. The molecule has 0 unspecified atom stereocenters. The maximum Gasteiger partial charge on any atom is 0.226 e. The molecule has 1 amide bonds. The molecule has 0 atom stereocenters. The summed E-state index contributed by atoms with van der Waals surface area (Å²) in [6.45, 7) is 3.20. The number of halogens is 1. The van der Waals surface area contributed by atoms with Crippen LogP contribution in [0, 0.1) is 17.8 Å². The van der Waals surface area contributed by atoms with E-state index < -0.39 is 0 Å². The summed E-state index contributed by atoms with van der Waals surface area (Å²) in [5.74, 6) is 2.96. The van der Waals surface area contributed by atoms with Crippen molar-refractivity contribution in [3.05, 3.63) is 15.9 Å². The van der Waals surface area contributed by atoms with Gasteiger partial charge in [0.25, 0.3) is 0 Å². The van der Waals surface area contributed by atoms with Crippen LogP contribution < -0.4 is 10.1 Å². The Bertz CT molecular complexity index is 786. The first kappa shape index (κ1) is 23.4. The highest BCUT2D eigenvalue weighted by Gasteiger charge is 2.51. The summed E-state index contributed by atoms with van der Waals surface area (Å²) in [6.07, 6.45) is 17.3. The zero-order chi connectivity index (χ0) is 20.6. The second-order valence-electron chi connectivity index (χ2n) is 10.8. The average Bonchev–Trinajstić information content (AvgIpc) is 2.88. The molecule has 0 radical (unpaired) electrons. The van der Waals surface area contributed by atoms with Crippen molar-refractivity contribution in [2.45, 2.75) is 115 Å². The van der Waals surface area contributed by atoms with E-state index in [2.05, 4.69) is 22.2 Å². The molecule has 1 heterocycles. The summed E-state index contributed by atoms with van der Waals surface area (Å²) < 4.78 is 2.37. The second kappa shape index (κ2) is 9.99. The molecule has 0 spiro atoms. The van der Waals surface area contributed by atoms with E-state index >= 15 is 0 Å². The van der Waals surface area contributed by atoms with Gasteiger partial charge in [-0.25, -0.2) is 0 Å².